The molecule has 0 bridgehead atoms. The van der Waals surface area contributed by atoms with Crippen molar-refractivity contribution < 1.29 is 18.0 Å². The molecule has 180 valence electrons. The number of nitrogens with one attached hydrogen (secondary N) is 2. The first-order valence-corrected chi connectivity index (χ1v) is 12.3. The average molecular weight is 504 g/mol. The van der Waals surface area contributed by atoms with E-state index in [4.69, 9.17) is 0 Å². The minimum absolute atomic E-state index is 0.153. The Hall–Kier alpha value is -3.91. The minimum atomic E-state index is -4.57. The van der Waals surface area contributed by atoms with Crippen molar-refractivity contribution in [3.63, 3.8) is 0 Å². The fourth-order valence-electron chi connectivity index (χ4n) is 4.74. The maximum atomic E-state index is 13.9. The van der Waals surface area contributed by atoms with E-state index in [-0.39, 0.29) is 11.2 Å². The topological polar surface area (TPSA) is 44.4 Å². The number of carbonyl (C=O) groups excluding carboxylic acids is 1. The van der Waals surface area contributed by atoms with Gasteiger partial charge in [0.2, 0.25) is 5.91 Å². The third-order valence-electron chi connectivity index (χ3n) is 6.35. The zero-order valence-corrected chi connectivity index (χ0v) is 19.6. The number of fused-ring (bicyclic) bond motifs is 5. The zero-order chi connectivity index (χ0) is 24.9. The van der Waals surface area contributed by atoms with E-state index in [9.17, 15) is 18.0 Å². The smallest absolute Gasteiger partial charge is 0.354 e. The normalized spacial score (nSPS) is 15.8. The summed E-state index contributed by atoms with van der Waals surface area (Å²) in [5, 5.41) is 6.20. The number of nitrogens with zero attached hydrogens (tertiary/aromatic N) is 1. The number of anilines is 4. The second kappa shape index (κ2) is 8.64. The van der Waals surface area contributed by atoms with Crippen molar-refractivity contribution in [2.75, 3.05) is 15.5 Å². The molecule has 2 heterocycles. The molecular formula is C28H20F3N3OS. The standard InChI is InChI=1S/C28H20F3N3OS/c29-28(30,31)19-15-21(25-23(16-19)34-22-14-8-7-13-20(22)33-27(34)36-25)32-26(35)24(17-9-3-1-4-10-17)18-11-5-2-6-12-18/h1-16,24,27,33H,(H,32,35)/t27-/m0/s1. The molecule has 36 heavy (non-hydrogen) atoms. The van der Waals surface area contributed by atoms with Crippen LogP contribution >= 0.6 is 11.8 Å². The van der Waals surface area contributed by atoms with Gasteiger partial charge in [0.15, 0.2) is 5.50 Å². The SMILES string of the molecule is O=C(Nc1cc(C(F)(F)F)cc2c1S[C@H]1Nc3ccccc3N21)C(c1ccccc1)c1ccccc1. The summed E-state index contributed by atoms with van der Waals surface area (Å²) in [6, 6.07) is 28.2. The summed E-state index contributed by atoms with van der Waals surface area (Å²) in [4.78, 5) is 16.1. The van der Waals surface area contributed by atoms with E-state index < -0.39 is 23.6 Å². The molecule has 4 aromatic rings. The van der Waals surface area contributed by atoms with E-state index in [1.807, 2.05) is 89.8 Å². The number of para-hydroxylation sites is 2. The van der Waals surface area contributed by atoms with Gasteiger partial charge in [-0.25, -0.2) is 0 Å². The van der Waals surface area contributed by atoms with E-state index in [1.165, 1.54) is 11.8 Å². The Labute approximate surface area is 210 Å². The molecule has 4 aromatic carbocycles. The van der Waals surface area contributed by atoms with Crippen molar-refractivity contribution in [1.82, 2.24) is 0 Å². The summed E-state index contributed by atoms with van der Waals surface area (Å²) in [5.74, 6) is -1.07. The highest BCUT2D eigenvalue weighted by Gasteiger charge is 2.42. The molecule has 1 atom stereocenters. The van der Waals surface area contributed by atoms with E-state index >= 15 is 0 Å². The van der Waals surface area contributed by atoms with Crippen LogP contribution in [0.1, 0.15) is 22.6 Å². The Morgan fingerprint density at radius 2 is 1.47 bits per heavy atom. The Bertz CT molecular complexity index is 1400. The van der Waals surface area contributed by atoms with Gasteiger partial charge in [-0.05, 0) is 35.4 Å². The van der Waals surface area contributed by atoms with E-state index in [0.717, 1.165) is 34.6 Å². The van der Waals surface area contributed by atoms with Crippen molar-refractivity contribution in [3.05, 3.63) is 114 Å². The second-order valence-corrected chi connectivity index (χ2v) is 9.71. The predicted molar refractivity (Wildman–Crippen MR) is 137 cm³/mol. The van der Waals surface area contributed by atoms with Crippen LogP contribution in [0.5, 0.6) is 0 Å². The van der Waals surface area contributed by atoms with Gasteiger partial charge >= 0.3 is 6.18 Å². The van der Waals surface area contributed by atoms with Crippen LogP contribution in [0.3, 0.4) is 0 Å². The molecule has 0 radical (unpaired) electrons. The maximum absolute atomic E-state index is 13.9. The third-order valence-corrected chi connectivity index (χ3v) is 7.57. The van der Waals surface area contributed by atoms with Crippen molar-refractivity contribution in [2.45, 2.75) is 22.5 Å². The lowest BCUT2D eigenvalue weighted by Crippen LogP contribution is -2.24. The molecular weight excluding hydrogens is 483 g/mol. The fourth-order valence-corrected chi connectivity index (χ4v) is 6.00. The largest absolute Gasteiger partial charge is 0.416 e. The van der Waals surface area contributed by atoms with Crippen LogP contribution in [-0.2, 0) is 11.0 Å². The first-order valence-electron chi connectivity index (χ1n) is 11.4. The monoisotopic (exact) mass is 503 g/mol. The summed E-state index contributed by atoms with van der Waals surface area (Å²) in [5.41, 5.74) is 2.65. The van der Waals surface area contributed by atoms with Crippen molar-refractivity contribution >= 4 is 40.4 Å². The van der Waals surface area contributed by atoms with Gasteiger partial charge in [0, 0.05) is 0 Å². The number of hydrogen-bond donors (Lipinski definition) is 2. The number of alkyl halides is 3. The van der Waals surface area contributed by atoms with Gasteiger partial charge in [0.1, 0.15) is 0 Å². The fraction of sp³-hybridized carbons (Fsp3) is 0.107. The molecule has 0 saturated heterocycles. The highest BCUT2D eigenvalue weighted by molar-refractivity contribution is 8.00. The number of amides is 1. The molecule has 0 aromatic heterocycles. The van der Waals surface area contributed by atoms with Crippen LogP contribution in [0.15, 0.2) is 102 Å². The molecule has 0 saturated carbocycles. The van der Waals surface area contributed by atoms with Crippen LogP contribution in [-0.4, -0.2) is 11.4 Å². The summed E-state index contributed by atoms with van der Waals surface area (Å²) in [6.07, 6.45) is -4.57. The predicted octanol–water partition coefficient (Wildman–Crippen LogP) is 7.43. The van der Waals surface area contributed by atoms with Crippen molar-refractivity contribution in [3.8, 4) is 0 Å². The third kappa shape index (κ3) is 3.87. The van der Waals surface area contributed by atoms with E-state index in [2.05, 4.69) is 10.6 Å². The lowest BCUT2D eigenvalue weighted by Gasteiger charge is -2.21. The van der Waals surface area contributed by atoms with E-state index in [1.54, 1.807) is 0 Å². The molecule has 0 aliphatic carbocycles. The summed E-state index contributed by atoms with van der Waals surface area (Å²) in [6.45, 7) is 0. The maximum Gasteiger partial charge on any atom is 0.416 e. The quantitative estimate of drug-likeness (QED) is 0.304. The number of hydrogen-bond acceptors (Lipinski definition) is 4. The lowest BCUT2D eigenvalue weighted by molar-refractivity contribution is -0.137. The average Bonchev–Trinajstić information content (AvgIpc) is 3.41. The zero-order valence-electron chi connectivity index (χ0n) is 18.8. The molecule has 8 heteroatoms. The van der Waals surface area contributed by atoms with Gasteiger partial charge in [-0.2, -0.15) is 13.2 Å². The van der Waals surface area contributed by atoms with Crippen LogP contribution in [0, 0.1) is 0 Å². The van der Waals surface area contributed by atoms with Crippen molar-refractivity contribution in [1.29, 1.82) is 0 Å². The van der Waals surface area contributed by atoms with Gasteiger partial charge in [-0.3, -0.25) is 4.79 Å². The van der Waals surface area contributed by atoms with Crippen LogP contribution < -0.4 is 15.5 Å². The highest BCUT2D eigenvalue weighted by atomic mass is 32.2. The molecule has 2 aliphatic rings. The molecule has 2 aliphatic heterocycles. The number of benzene rings is 4. The Morgan fingerprint density at radius 3 is 2.11 bits per heavy atom. The first-order chi connectivity index (χ1) is 17.4. The summed E-state index contributed by atoms with van der Waals surface area (Å²) >= 11 is 1.39. The van der Waals surface area contributed by atoms with E-state index in [0.29, 0.717) is 10.6 Å². The number of rotatable bonds is 4. The van der Waals surface area contributed by atoms with Gasteiger partial charge in [0.05, 0.1) is 39.1 Å². The molecule has 0 spiro atoms. The highest BCUT2D eigenvalue weighted by Crippen LogP contribution is 2.57. The molecule has 4 nitrogen and oxygen atoms in total. The van der Waals surface area contributed by atoms with Crippen LogP contribution in [0.25, 0.3) is 0 Å². The van der Waals surface area contributed by atoms with Gasteiger partial charge in [0.25, 0.3) is 0 Å². The summed E-state index contributed by atoms with van der Waals surface area (Å²) in [7, 11) is 0. The molecule has 0 fully saturated rings. The van der Waals surface area contributed by atoms with Crippen LogP contribution in [0.2, 0.25) is 0 Å². The molecule has 2 N–H and O–H groups in total. The lowest BCUT2D eigenvalue weighted by atomic mass is 9.90. The van der Waals surface area contributed by atoms with Gasteiger partial charge in [-0.15, -0.1) is 0 Å². The number of carbonyl (C=O) groups is 1. The van der Waals surface area contributed by atoms with Crippen LogP contribution in [0.4, 0.5) is 35.9 Å². The molecule has 0 unspecified atom stereocenters. The first kappa shape index (κ1) is 22.5. The molecule has 1 amide bonds. The van der Waals surface area contributed by atoms with Crippen molar-refractivity contribution in [2.24, 2.45) is 0 Å². The number of thioether (sulfide) groups is 1. The minimum Gasteiger partial charge on any atom is -0.354 e. The Kier molecular flexibility index (Phi) is 5.41. The number of halogens is 3. The van der Waals surface area contributed by atoms with Gasteiger partial charge < -0.3 is 15.5 Å². The summed E-state index contributed by atoms with van der Waals surface area (Å²) < 4.78 is 41.8. The van der Waals surface area contributed by atoms with Gasteiger partial charge in [-0.1, -0.05) is 84.6 Å². The Balaban J connectivity index is 1.43. The second-order valence-electron chi connectivity index (χ2n) is 8.62. The molecule has 6 rings (SSSR count). The Morgan fingerprint density at radius 1 is 0.861 bits per heavy atom.